The van der Waals surface area contributed by atoms with Gasteiger partial charge in [0.15, 0.2) is 17.5 Å². The van der Waals surface area contributed by atoms with Crippen molar-refractivity contribution in [2.24, 2.45) is 0 Å². The van der Waals surface area contributed by atoms with Crippen LogP contribution in [-0.4, -0.2) is 56.5 Å². The van der Waals surface area contributed by atoms with Crippen molar-refractivity contribution in [1.29, 1.82) is 0 Å². The summed E-state index contributed by atoms with van der Waals surface area (Å²) in [6.07, 6.45) is 8.07. The fraction of sp³-hybridized carbons (Fsp3) is 0.429. The Hall–Kier alpha value is -2.94. The summed E-state index contributed by atoms with van der Waals surface area (Å²) in [6, 6.07) is 1.60. The number of likely N-dealkylation sites (tertiary alicyclic amines) is 1. The Kier molecular flexibility index (Phi) is 6.50. The maximum absolute atomic E-state index is 14.5. The Morgan fingerprint density at radius 3 is 3.10 bits per heavy atom. The highest BCUT2D eigenvalue weighted by molar-refractivity contribution is 6.31. The van der Waals surface area contributed by atoms with E-state index in [1.165, 1.54) is 0 Å². The van der Waals surface area contributed by atoms with Crippen LogP contribution in [0.25, 0.3) is 22.4 Å². The Morgan fingerprint density at radius 2 is 2.26 bits per heavy atom. The third-order valence-electron chi connectivity index (χ3n) is 5.34. The molecule has 1 aliphatic heterocycles. The molecular weight excluding hydrogens is 421 g/mol. The number of anilines is 1. The van der Waals surface area contributed by atoms with E-state index in [0.717, 1.165) is 37.3 Å². The van der Waals surface area contributed by atoms with Gasteiger partial charge in [-0.25, -0.2) is 24.1 Å². The molecule has 4 heterocycles. The van der Waals surface area contributed by atoms with Crippen molar-refractivity contribution in [3.05, 3.63) is 35.5 Å². The molecule has 3 aromatic heterocycles. The fourth-order valence-electron chi connectivity index (χ4n) is 3.72. The summed E-state index contributed by atoms with van der Waals surface area (Å²) >= 11 is 6.07. The molecule has 31 heavy (non-hydrogen) atoms. The van der Waals surface area contributed by atoms with E-state index in [0.29, 0.717) is 41.7 Å². The number of rotatable bonds is 6. The van der Waals surface area contributed by atoms with E-state index >= 15 is 0 Å². The number of carbonyl (C=O) groups is 1. The van der Waals surface area contributed by atoms with Crippen molar-refractivity contribution < 1.29 is 9.18 Å². The maximum atomic E-state index is 14.5. The van der Waals surface area contributed by atoms with Gasteiger partial charge in [-0.15, -0.1) is 0 Å². The molecule has 1 atom stereocenters. The van der Waals surface area contributed by atoms with Gasteiger partial charge < -0.3 is 20.5 Å². The van der Waals surface area contributed by atoms with Crippen LogP contribution in [0, 0.1) is 5.82 Å². The normalized spacial score (nSPS) is 16.5. The second-order valence-corrected chi connectivity index (χ2v) is 8.09. The van der Waals surface area contributed by atoms with E-state index in [-0.39, 0.29) is 17.9 Å². The molecule has 3 aromatic rings. The van der Waals surface area contributed by atoms with Crippen molar-refractivity contribution in [3.63, 3.8) is 0 Å². The number of nitrogens with one attached hydrogen (secondary N) is 3. The first-order valence-electron chi connectivity index (χ1n) is 10.5. The summed E-state index contributed by atoms with van der Waals surface area (Å²) < 4.78 is 14.5. The lowest BCUT2D eigenvalue weighted by Gasteiger charge is -2.33. The quantitative estimate of drug-likeness (QED) is 0.494. The summed E-state index contributed by atoms with van der Waals surface area (Å²) in [6.45, 7) is 3.93. The van der Waals surface area contributed by atoms with Gasteiger partial charge in [-0.1, -0.05) is 24.9 Å². The van der Waals surface area contributed by atoms with Crippen LogP contribution in [0.1, 0.15) is 32.6 Å². The molecule has 1 aliphatic rings. The van der Waals surface area contributed by atoms with Gasteiger partial charge in [-0.3, -0.25) is 0 Å². The van der Waals surface area contributed by atoms with E-state index in [2.05, 4.69) is 37.5 Å². The standard InChI is InChI=1S/C21H25ClFN7O/c1-2-3-6-24-21(31)30-7-4-5-14(12-30)28-20-17(23)11-27-19(29-20)16-10-26-18-15(16)8-13(22)9-25-18/h8-11,14H,2-7,12H2,1H3,(H,24,31)(H,25,26)(H,27,28,29). The van der Waals surface area contributed by atoms with Gasteiger partial charge >= 0.3 is 6.03 Å². The van der Waals surface area contributed by atoms with Gasteiger partial charge in [0.05, 0.1) is 11.2 Å². The number of hydrogen-bond acceptors (Lipinski definition) is 5. The van der Waals surface area contributed by atoms with Crippen LogP contribution < -0.4 is 10.6 Å². The third-order valence-corrected chi connectivity index (χ3v) is 5.55. The molecule has 1 fully saturated rings. The maximum Gasteiger partial charge on any atom is 0.317 e. The first-order chi connectivity index (χ1) is 15.0. The number of carbonyl (C=O) groups excluding carboxylic acids is 1. The molecule has 0 bridgehead atoms. The van der Waals surface area contributed by atoms with Gasteiger partial charge in [-0.05, 0) is 25.3 Å². The summed E-state index contributed by atoms with van der Waals surface area (Å²) in [5.41, 5.74) is 1.34. The van der Waals surface area contributed by atoms with Crippen molar-refractivity contribution in [2.45, 2.75) is 38.6 Å². The zero-order valence-corrected chi connectivity index (χ0v) is 18.0. The van der Waals surface area contributed by atoms with Crippen LogP contribution in [0.5, 0.6) is 0 Å². The predicted molar refractivity (Wildman–Crippen MR) is 119 cm³/mol. The molecule has 0 aromatic carbocycles. The lowest BCUT2D eigenvalue weighted by Crippen LogP contribution is -2.49. The molecule has 2 amide bonds. The van der Waals surface area contributed by atoms with Crippen LogP contribution in [-0.2, 0) is 0 Å². The van der Waals surface area contributed by atoms with Gasteiger partial charge in [0.2, 0.25) is 0 Å². The van der Waals surface area contributed by atoms with Crippen LogP contribution >= 0.6 is 11.6 Å². The largest absolute Gasteiger partial charge is 0.363 e. The van der Waals surface area contributed by atoms with E-state index in [4.69, 9.17) is 11.6 Å². The number of hydrogen-bond donors (Lipinski definition) is 3. The molecule has 0 spiro atoms. The van der Waals surface area contributed by atoms with Gasteiger partial charge in [0.25, 0.3) is 0 Å². The highest BCUT2D eigenvalue weighted by atomic mass is 35.5. The first kappa shape index (κ1) is 21.3. The van der Waals surface area contributed by atoms with Gasteiger partial charge in [0, 0.05) is 49.0 Å². The number of unbranched alkanes of at least 4 members (excludes halogenated alkanes) is 1. The number of piperidine rings is 1. The molecule has 8 nitrogen and oxygen atoms in total. The minimum Gasteiger partial charge on any atom is -0.363 e. The van der Waals surface area contributed by atoms with E-state index in [9.17, 15) is 9.18 Å². The van der Waals surface area contributed by atoms with Crippen molar-refractivity contribution in [3.8, 4) is 11.4 Å². The summed E-state index contributed by atoms with van der Waals surface area (Å²) in [5, 5.41) is 7.36. The van der Waals surface area contributed by atoms with Gasteiger partial charge in [0.1, 0.15) is 5.65 Å². The third kappa shape index (κ3) is 4.87. The molecule has 10 heteroatoms. The topological polar surface area (TPSA) is 98.8 Å². The number of amides is 2. The highest BCUT2D eigenvalue weighted by Gasteiger charge is 2.25. The number of fused-ring (bicyclic) bond motifs is 1. The molecule has 0 aliphatic carbocycles. The number of aromatic amines is 1. The molecule has 4 rings (SSSR count). The van der Waals surface area contributed by atoms with Gasteiger partial charge in [-0.2, -0.15) is 0 Å². The average Bonchev–Trinajstić information content (AvgIpc) is 3.18. The number of pyridine rings is 1. The first-order valence-corrected chi connectivity index (χ1v) is 10.9. The number of H-pyrrole nitrogens is 1. The number of nitrogens with zero attached hydrogens (tertiary/aromatic N) is 4. The van der Waals surface area contributed by atoms with E-state index in [1.54, 1.807) is 23.4 Å². The SMILES string of the molecule is CCCCNC(=O)N1CCCC(Nc2nc(-c3c[nH]c4ncc(Cl)cc34)ncc2F)C1. The highest BCUT2D eigenvalue weighted by Crippen LogP contribution is 2.28. The van der Waals surface area contributed by atoms with Crippen LogP contribution in [0.3, 0.4) is 0 Å². The molecule has 1 unspecified atom stereocenters. The minimum absolute atomic E-state index is 0.0769. The van der Waals surface area contributed by atoms with Crippen LogP contribution in [0.15, 0.2) is 24.7 Å². The molecule has 0 saturated carbocycles. The second-order valence-electron chi connectivity index (χ2n) is 7.66. The second kappa shape index (κ2) is 9.47. The predicted octanol–water partition coefficient (Wildman–Crippen LogP) is 4.20. The minimum atomic E-state index is -0.538. The Balaban J connectivity index is 1.50. The molecular formula is C21H25ClFN7O. The monoisotopic (exact) mass is 445 g/mol. The van der Waals surface area contributed by atoms with E-state index < -0.39 is 5.82 Å². The zero-order chi connectivity index (χ0) is 21.8. The van der Waals surface area contributed by atoms with E-state index in [1.807, 2.05) is 0 Å². The molecule has 1 saturated heterocycles. The van der Waals surface area contributed by atoms with Crippen molar-refractivity contribution >= 4 is 34.5 Å². The smallest absolute Gasteiger partial charge is 0.317 e. The van der Waals surface area contributed by atoms with Crippen LogP contribution in [0.2, 0.25) is 5.02 Å². The van der Waals surface area contributed by atoms with Crippen molar-refractivity contribution in [1.82, 2.24) is 30.2 Å². The lowest BCUT2D eigenvalue weighted by atomic mass is 10.1. The Morgan fingerprint density at radius 1 is 1.39 bits per heavy atom. The average molecular weight is 446 g/mol. The number of aromatic nitrogens is 4. The summed E-state index contributed by atoms with van der Waals surface area (Å²) in [7, 11) is 0. The molecule has 164 valence electrons. The number of urea groups is 1. The summed E-state index contributed by atoms with van der Waals surface area (Å²) in [5.74, 6) is -0.0546. The Bertz CT molecular complexity index is 1070. The number of halogens is 2. The van der Waals surface area contributed by atoms with Crippen molar-refractivity contribution in [2.75, 3.05) is 25.0 Å². The molecule has 0 radical (unpaired) electrons. The Labute approximate surface area is 184 Å². The summed E-state index contributed by atoms with van der Waals surface area (Å²) in [4.78, 5) is 30.0. The lowest BCUT2D eigenvalue weighted by molar-refractivity contribution is 0.182. The van der Waals surface area contributed by atoms with Crippen LogP contribution in [0.4, 0.5) is 15.0 Å². The fourth-order valence-corrected chi connectivity index (χ4v) is 3.88. The zero-order valence-electron chi connectivity index (χ0n) is 17.3. The molecule has 3 N–H and O–H groups in total.